The summed E-state index contributed by atoms with van der Waals surface area (Å²) in [4.78, 5) is 24.4. The van der Waals surface area contributed by atoms with Gasteiger partial charge in [-0.1, -0.05) is 88.4 Å². The number of benzene rings is 2. The Morgan fingerprint density at radius 2 is 1.62 bits per heavy atom. The van der Waals surface area contributed by atoms with Crippen molar-refractivity contribution in [1.29, 1.82) is 0 Å². The highest BCUT2D eigenvalue weighted by molar-refractivity contribution is 7.93. The minimum absolute atomic E-state index is 0.249. The molecule has 0 bridgehead atoms. The van der Waals surface area contributed by atoms with Crippen molar-refractivity contribution in [3.63, 3.8) is 0 Å². The molecule has 5 rings (SSSR count). The molecule has 11 heteroatoms. The zero-order valence-corrected chi connectivity index (χ0v) is 31.3. The van der Waals surface area contributed by atoms with Gasteiger partial charge in [-0.2, -0.15) is 0 Å². The van der Waals surface area contributed by atoms with E-state index in [2.05, 4.69) is 55.4 Å². The summed E-state index contributed by atoms with van der Waals surface area (Å²) >= 11 is 0. The topological polar surface area (TPSA) is 127 Å². The number of rotatable bonds is 13. The van der Waals surface area contributed by atoms with Gasteiger partial charge in [0.05, 0.1) is 28.9 Å². The largest absolute Gasteiger partial charge is 0.465 e. The van der Waals surface area contributed by atoms with Crippen LogP contribution < -0.4 is 19.8 Å². The van der Waals surface area contributed by atoms with Crippen LogP contribution in [0.4, 0.5) is 16.4 Å². The van der Waals surface area contributed by atoms with E-state index in [0.717, 1.165) is 24.1 Å². The van der Waals surface area contributed by atoms with Crippen molar-refractivity contribution in [2.24, 2.45) is 22.2 Å². The van der Waals surface area contributed by atoms with Gasteiger partial charge in [0, 0.05) is 31.6 Å². The number of aliphatic imine (C=N–C) groups is 1. The van der Waals surface area contributed by atoms with E-state index in [1.54, 1.807) is 33.3 Å². The Bertz CT molecular complexity index is 1820. The summed E-state index contributed by atoms with van der Waals surface area (Å²) in [5, 5.41) is 15.8. The predicted molar refractivity (Wildman–Crippen MR) is 203 cm³/mol. The molecule has 0 radical (unpaired) electrons. The summed E-state index contributed by atoms with van der Waals surface area (Å²) in [5.41, 5.74) is 2.04. The van der Waals surface area contributed by atoms with Crippen molar-refractivity contribution in [1.82, 2.24) is 15.6 Å². The summed E-state index contributed by atoms with van der Waals surface area (Å²) in [5.74, 6) is 1.82. The number of aromatic nitrogens is 1. The molecule has 1 aliphatic carbocycles. The molecule has 1 aromatic heterocycles. The van der Waals surface area contributed by atoms with Crippen LogP contribution in [0, 0.1) is 17.3 Å². The number of pyridine rings is 1. The Hall–Kier alpha value is -4.38. The summed E-state index contributed by atoms with van der Waals surface area (Å²) < 4.78 is 28.2. The maximum absolute atomic E-state index is 13.5. The molecule has 10 nitrogen and oxygen atoms in total. The summed E-state index contributed by atoms with van der Waals surface area (Å²) in [6.45, 7) is 15.2. The zero-order valence-electron chi connectivity index (χ0n) is 30.5. The van der Waals surface area contributed by atoms with E-state index in [4.69, 9.17) is 9.98 Å². The fourth-order valence-electron chi connectivity index (χ4n) is 7.30. The Morgan fingerprint density at radius 1 is 1.02 bits per heavy atom. The molecule has 50 heavy (non-hydrogen) atoms. The van der Waals surface area contributed by atoms with Gasteiger partial charge in [0.2, 0.25) is 10.0 Å². The van der Waals surface area contributed by atoms with Crippen LogP contribution in [-0.2, 0) is 16.6 Å². The number of hydrogen-bond donors (Lipinski definition) is 3. The highest BCUT2D eigenvalue weighted by atomic mass is 32.2. The van der Waals surface area contributed by atoms with Gasteiger partial charge in [-0.3, -0.25) is 4.31 Å². The van der Waals surface area contributed by atoms with Gasteiger partial charge in [0.25, 0.3) is 0 Å². The molecule has 0 spiro atoms. The van der Waals surface area contributed by atoms with Crippen molar-refractivity contribution in [2.45, 2.75) is 84.2 Å². The molecule has 3 N–H and O–H groups in total. The van der Waals surface area contributed by atoms with Gasteiger partial charge in [-0.25, -0.2) is 23.2 Å². The lowest BCUT2D eigenvalue weighted by atomic mass is 9.63. The van der Waals surface area contributed by atoms with Crippen LogP contribution in [-0.4, -0.2) is 61.4 Å². The van der Waals surface area contributed by atoms with Crippen molar-refractivity contribution in [3.05, 3.63) is 95.6 Å². The zero-order chi connectivity index (χ0) is 36.4. The van der Waals surface area contributed by atoms with E-state index in [1.165, 1.54) is 4.31 Å². The van der Waals surface area contributed by atoms with Gasteiger partial charge in [0.1, 0.15) is 11.6 Å². The number of nitrogens with one attached hydrogen (secondary N) is 2. The maximum atomic E-state index is 13.5. The van der Waals surface area contributed by atoms with Gasteiger partial charge in [-0.05, 0) is 73.8 Å². The maximum Gasteiger partial charge on any atom is 0.405 e. The fourth-order valence-corrected chi connectivity index (χ4v) is 8.29. The van der Waals surface area contributed by atoms with E-state index in [1.807, 2.05) is 67.6 Å². The van der Waals surface area contributed by atoms with Crippen LogP contribution in [0.2, 0.25) is 0 Å². The molecule has 2 heterocycles. The van der Waals surface area contributed by atoms with Crippen molar-refractivity contribution in [3.8, 4) is 0 Å². The molecule has 2 aromatic carbocycles. The summed E-state index contributed by atoms with van der Waals surface area (Å²) in [6, 6.07) is 23.4. The number of carbonyl (C=O) groups is 1. The quantitative estimate of drug-likeness (QED) is 0.173. The molecule has 4 unspecified atom stereocenters. The fraction of sp³-hybridized carbons (Fsp3) is 0.462. The lowest BCUT2D eigenvalue weighted by Crippen LogP contribution is -2.64. The van der Waals surface area contributed by atoms with Crippen LogP contribution in [0.15, 0.2) is 83.9 Å². The second-order valence-corrected chi connectivity index (χ2v) is 17.9. The second-order valence-electron chi connectivity index (χ2n) is 15.3. The monoisotopic (exact) mass is 700 g/mol. The molecule has 268 valence electrons. The van der Waals surface area contributed by atoms with Gasteiger partial charge in [-0.15, -0.1) is 0 Å². The molecule has 1 aliphatic heterocycles. The Balaban J connectivity index is 1.65. The lowest BCUT2D eigenvalue weighted by molar-refractivity contribution is 0.133. The van der Waals surface area contributed by atoms with Crippen LogP contribution in [0.1, 0.15) is 77.5 Å². The van der Waals surface area contributed by atoms with Crippen LogP contribution in [0.3, 0.4) is 0 Å². The van der Waals surface area contributed by atoms with Crippen LogP contribution >= 0.6 is 0 Å². The smallest absolute Gasteiger partial charge is 0.405 e. The number of anilines is 2. The minimum atomic E-state index is -3.70. The molecule has 1 amide bonds. The van der Waals surface area contributed by atoms with E-state index in [9.17, 15) is 18.3 Å². The third-order valence-electron chi connectivity index (χ3n) is 10.1. The first-order valence-corrected chi connectivity index (χ1v) is 18.9. The Labute approximate surface area is 297 Å². The van der Waals surface area contributed by atoms with Gasteiger partial charge >= 0.3 is 6.09 Å². The number of nitrogens with zero attached hydrogens (tertiary/aromatic N) is 4. The molecular weight excluding hydrogens is 649 g/mol. The predicted octanol–water partition coefficient (Wildman–Crippen LogP) is 7.12. The molecule has 3 aromatic rings. The van der Waals surface area contributed by atoms with E-state index in [0.29, 0.717) is 41.3 Å². The van der Waals surface area contributed by atoms with Crippen LogP contribution in [0.5, 0.6) is 0 Å². The van der Waals surface area contributed by atoms with E-state index in [-0.39, 0.29) is 11.3 Å². The molecule has 2 aliphatic rings. The van der Waals surface area contributed by atoms with Crippen molar-refractivity contribution < 1.29 is 18.3 Å². The molecule has 0 saturated heterocycles. The van der Waals surface area contributed by atoms with Crippen molar-refractivity contribution in [2.75, 3.05) is 22.8 Å². The third kappa shape index (κ3) is 8.15. The Kier molecular flexibility index (Phi) is 10.7. The van der Waals surface area contributed by atoms with E-state index >= 15 is 0 Å². The van der Waals surface area contributed by atoms with Crippen LogP contribution in [0.25, 0.3) is 5.70 Å². The highest BCUT2D eigenvalue weighted by Gasteiger charge is 2.48. The number of hydrogen-bond acceptors (Lipinski definition) is 7. The first-order valence-electron chi connectivity index (χ1n) is 17.4. The normalized spacial score (nSPS) is 20.7. The number of sulfonamides is 1. The average Bonchev–Trinajstić information content (AvgIpc) is 3.77. The average molecular weight is 701 g/mol. The highest BCUT2D eigenvalue weighted by Crippen LogP contribution is 2.46. The first-order chi connectivity index (χ1) is 23.5. The minimum Gasteiger partial charge on any atom is -0.465 e. The van der Waals surface area contributed by atoms with Crippen molar-refractivity contribution >= 4 is 39.8 Å². The second kappa shape index (κ2) is 14.5. The molecule has 1 fully saturated rings. The number of carboxylic acid groups (broad SMARTS) is 1. The lowest BCUT2D eigenvalue weighted by Gasteiger charge is -2.49. The first kappa shape index (κ1) is 36.9. The molecule has 5 atom stereocenters. The standard InChI is InChI=1S/C39H52N6O4S/c1-26(2)50(48,49)44(8)34-20-30(21-35(42-34)45(24-31-19-27(31)3)23-28-15-11-9-12-16-28)32-22-33(41-25-40-32)39(7,43-37(46)47)36(38(4,5)6)29-17-13-10-14-18-29/h9-18,20-22,25-27,31,33,36,43H,19,23-24H2,1-8H3,(H,40,41)(H,46,47)/t27?,31?,33?,36?,39-/m0/s1. The molecule has 1 saturated carbocycles. The Morgan fingerprint density at radius 3 is 2.18 bits per heavy atom. The number of amides is 1. The van der Waals surface area contributed by atoms with Gasteiger partial charge < -0.3 is 20.6 Å². The SMILES string of the molecule is CC1CC1CN(Cc1ccccc1)c1cc(C2=CC([C@](C)(NC(=O)O)C(c3ccccc3)C(C)(C)C)NC=N2)cc(N(C)S(=O)(=O)C(C)C)n1. The molecular formula is C39H52N6O4S. The summed E-state index contributed by atoms with van der Waals surface area (Å²) in [7, 11) is -2.16. The summed E-state index contributed by atoms with van der Waals surface area (Å²) in [6.07, 6.45) is 3.56. The van der Waals surface area contributed by atoms with E-state index < -0.39 is 32.9 Å². The van der Waals surface area contributed by atoms with Gasteiger partial charge in [0.15, 0.2) is 0 Å². The third-order valence-corrected chi connectivity index (χ3v) is 12.2.